The van der Waals surface area contributed by atoms with Gasteiger partial charge in [-0.05, 0) is 12.1 Å². The molecule has 1 heterocycles. The monoisotopic (exact) mass is 233 g/mol. The third kappa shape index (κ3) is 3.64. The predicted octanol–water partition coefficient (Wildman–Crippen LogP) is 4.01. The molecule has 0 radical (unpaired) electrons. The van der Waals surface area contributed by atoms with E-state index < -0.39 is 0 Å². The van der Waals surface area contributed by atoms with Crippen molar-refractivity contribution in [2.45, 2.75) is 27.2 Å². The Hall–Kier alpha value is -0.600. The topological polar surface area (TPSA) is 30.0 Å². The first-order valence-corrected chi connectivity index (χ1v) is 5.26. The van der Waals surface area contributed by atoms with E-state index in [2.05, 4.69) is 4.98 Å². The summed E-state index contributed by atoms with van der Waals surface area (Å²) in [5.74, 6) is -0.0949. The molecule has 0 saturated carbocycles. The minimum absolute atomic E-state index is 0.0949. The number of carbonyl (C=O) groups is 1. The van der Waals surface area contributed by atoms with Gasteiger partial charge in [0.25, 0.3) is 0 Å². The molecule has 0 fully saturated rings. The number of halogens is 2. The first-order chi connectivity index (χ1) is 6.65. The quantitative estimate of drug-likeness (QED) is 0.571. The van der Waals surface area contributed by atoms with Gasteiger partial charge in [-0.3, -0.25) is 4.79 Å². The molecule has 0 aliphatic heterocycles. The smallest absolute Gasteiger partial charge is 0.182 e. The zero-order valence-corrected chi connectivity index (χ0v) is 9.99. The molecule has 14 heavy (non-hydrogen) atoms. The zero-order valence-electron chi connectivity index (χ0n) is 8.47. The normalized spacial score (nSPS) is 8.93. The van der Waals surface area contributed by atoms with E-state index in [4.69, 9.17) is 23.2 Å². The maximum atomic E-state index is 11.2. The van der Waals surface area contributed by atoms with Crippen molar-refractivity contribution in [3.8, 4) is 0 Å². The molecule has 4 heteroatoms. The van der Waals surface area contributed by atoms with E-state index >= 15 is 0 Å². The first-order valence-electron chi connectivity index (χ1n) is 4.50. The molecular weight excluding hydrogens is 221 g/mol. The van der Waals surface area contributed by atoms with E-state index in [9.17, 15) is 4.79 Å². The fourth-order valence-corrected chi connectivity index (χ4v) is 1.14. The Bertz CT molecular complexity index is 313. The highest BCUT2D eigenvalue weighted by molar-refractivity contribution is 6.34. The molecule has 1 aromatic rings. The van der Waals surface area contributed by atoms with Crippen molar-refractivity contribution in [1.29, 1.82) is 0 Å². The number of nitrogens with zero attached hydrogens (tertiary/aromatic N) is 1. The number of rotatable bonds is 2. The lowest BCUT2D eigenvalue weighted by molar-refractivity contribution is 0.0983. The molecule has 78 valence electrons. The van der Waals surface area contributed by atoms with Gasteiger partial charge in [0.2, 0.25) is 0 Å². The summed E-state index contributed by atoms with van der Waals surface area (Å²) < 4.78 is 0. The van der Waals surface area contributed by atoms with Crippen molar-refractivity contribution in [1.82, 2.24) is 4.98 Å². The molecule has 0 aliphatic rings. The molecule has 0 N–H and O–H groups in total. The Balaban J connectivity index is 0.000000791. The number of ketones is 1. The summed E-state index contributed by atoms with van der Waals surface area (Å²) in [6.07, 6.45) is 0.382. The molecule has 0 aliphatic carbocycles. The maximum Gasteiger partial charge on any atom is 0.182 e. The fourth-order valence-electron chi connectivity index (χ4n) is 0.781. The van der Waals surface area contributed by atoms with Gasteiger partial charge in [-0.1, -0.05) is 44.0 Å². The van der Waals surface area contributed by atoms with Crippen LogP contribution in [0.3, 0.4) is 0 Å². The van der Waals surface area contributed by atoms with Crippen LogP contribution in [0.15, 0.2) is 12.1 Å². The fraction of sp³-hybridized carbons (Fsp3) is 0.400. The lowest BCUT2D eigenvalue weighted by Gasteiger charge is -1.99. The second-order valence-electron chi connectivity index (χ2n) is 2.24. The molecule has 0 bridgehead atoms. The number of pyridine rings is 1. The van der Waals surface area contributed by atoms with Crippen molar-refractivity contribution in [3.63, 3.8) is 0 Å². The van der Waals surface area contributed by atoms with E-state index in [0.717, 1.165) is 0 Å². The maximum absolute atomic E-state index is 11.2. The summed E-state index contributed by atoms with van der Waals surface area (Å²) in [5, 5.41) is 0.641. The van der Waals surface area contributed by atoms with Crippen LogP contribution in [-0.2, 0) is 0 Å². The first kappa shape index (κ1) is 13.4. The second kappa shape index (κ2) is 6.80. The summed E-state index contributed by atoms with van der Waals surface area (Å²) in [6.45, 7) is 5.75. The van der Waals surface area contributed by atoms with Crippen LogP contribution in [0.2, 0.25) is 10.2 Å². The summed E-state index contributed by atoms with van der Waals surface area (Å²) in [7, 11) is 0. The molecule has 0 atom stereocenters. The van der Waals surface area contributed by atoms with E-state index in [1.807, 2.05) is 13.8 Å². The minimum atomic E-state index is -0.0949. The molecular formula is C10H13Cl2NO. The van der Waals surface area contributed by atoms with Gasteiger partial charge in [0.1, 0.15) is 10.8 Å². The Labute approximate surface area is 94.2 Å². The highest BCUT2D eigenvalue weighted by atomic mass is 35.5. The molecule has 0 amide bonds. The molecule has 0 spiro atoms. The van der Waals surface area contributed by atoms with Gasteiger partial charge in [-0.25, -0.2) is 4.98 Å². The second-order valence-corrected chi connectivity index (χ2v) is 3.04. The van der Waals surface area contributed by atoms with Crippen LogP contribution in [0.4, 0.5) is 0 Å². The van der Waals surface area contributed by atoms with Gasteiger partial charge in [0.15, 0.2) is 5.78 Å². The van der Waals surface area contributed by atoms with Crippen LogP contribution in [0.5, 0.6) is 0 Å². The van der Waals surface area contributed by atoms with Gasteiger partial charge < -0.3 is 0 Å². The van der Waals surface area contributed by atoms with Crippen LogP contribution in [0.25, 0.3) is 0 Å². The number of aromatic nitrogens is 1. The number of carbonyl (C=O) groups excluding carboxylic acids is 1. The van der Waals surface area contributed by atoms with Crippen LogP contribution >= 0.6 is 23.2 Å². The summed E-state index contributed by atoms with van der Waals surface area (Å²) in [6, 6.07) is 3.12. The van der Waals surface area contributed by atoms with Crippen molar-refractivity contribution < 1.29 is 4.79 Å². The van der Waals surface area contributed by atoms with Gasteiger partial charge in [-0.15, -0.1) is 0 Å². The molecule has 1 rings (SSSR count). The van der Waals surface area contributed by atoms with E-state index in [1.54, 1.807) is 19.1 Å². The Morgan fingerprint density at radius 2 is 1.93 bits per heavy atom. The van der Waals surface area contributed by atoms with E-state index in [-0.39, 0.29) is 16.6 Å². The summed E-state index contributed by atoms with van der Waals surface area (Å²) in [4.78, 5) is 15.0. The summed E-state index contributed by atoms with van der Waals surface area (Å²) in [5.41, 5.74) is 0.256. The predicted molar refractivity (Wildman–Crippen MR) is 60.2 cm³/mol. The number of hydrogen-bond acceptors (Lipinski definition) is 2. The Morgan fingerprint density at radius 3 is 2.43 bits per heavy atom. The molecule has 1 aromatic heterocycles. The van der Waals surface area contributed by atoms with Gasteiger partial charge >= 0.3 is 0 Å². The van der Waals surface area contributed by atoms with Crippen LogP contribution in [0.1, 0.15) is 37.7 Å². The minimum Gasteiger partial charge on any atom is -0.292 e. The van der Waals surface area contributed by atoms with Crippen LogP contribution in [-0.4, -0.2) is 10.8 Å². The van der Waals surface area contributed by atoms with Crippen molar-refractivity contribution in [2.75, 3.05) is 0 Å². The van der Waals surface area contributed by atoms with E-state index in [1.165, 1.54) is 0 Å². The lowest BCUT2D eigenvalue weighted by Crippen LogP contribution is -2.01. The molecule has 0 unspecified atom stereocenters. The highest BCUT2D eigenvalue weighted by Crippen LogP contribution is 2.17. The van der Waals surface area contributed by atoms with Crippen molar-refractivity contribution >= 4 is 29.0 Å². The molecule has 0 saturated heterocycles. The Morgan fingerprint density at radius 1 is 1.36 bits per heavy atom. The Kier molecular flexibility index (Phi) is 6.50. The largest absolute Gasteiger partial charge is 0.292 e. The number of Topliss-reactive ketones (excluding diaryl/α,β-unsaturated/α-hetero) is 1. The van der Waals surface area contributed by atoms with Crippen LogP contribution < -0.4 is 0 Å². The third-order valence-corrected chi connectivity index (χ3v) is 1.91. The standard InChI is InChI=1S/C8H7Cl2NO.C2H6/c1-2-6(12)8-5(9)3-4-7(10)11-8;1-2/h3-4H,2H2,1H3;1-2H3. The SMILES string of the molecule is CC.CCC(=O)c1nc(Cl)ccc1Cl. The zero-order chi connectivity index (χ0) is 11.1. The van der Waals surface area contributed by atoms with Gasteiger partial charge in [0.05, 0.1) is 5.02 Å². The number of hydrogen-bond donors (Lipinski definition) is 0. The summed E-state index contributed by atoms with van der Waals surface area (Å²) >= 11 is 11.3. The van der Waals surface area contributed by atoms with E-state index in [0.29, 0.717) is 11.4 Å². The lowest BCUT2D eigenvalue weighted by atomic mass is 10.2. The van der Waals surface area contributed by atoms with Gasteiger partial charge in [0, 0.05) is 6.42 Å². The highest BCUT2D eigenvalue weighted by Gasteiger charge is 2.09. The third-order valence-electron chi connectivity index (χ3n) is 1.40. The average Bonchev–Trinajstić information content (AvgIpc) is 2.23. The van der Waals surface area contributed by atoms with Crippen molar-refractivity contribution in [3.05, 3.63) is 28.0 Å². The van der Waals surface area contributed by atoms with Crippen molar-refractivity contribution in [2.24, 2.45) is 0 Å². The molecule has 0 aromatic carbocycles. The van der Waals surface area contributed by atoms with Crippen LogP contribution in [0, 0.1) is 0 Å². The average molecular weight is 234 g/mol. The molecule has 2 nitrogen and oxygen atoms in total. The van der Waals surface area contributed by atoms with Gasteiger partial charge in [-0.2, -0.15) is 0 Å².